The predicted octanol–water partition coefficient (Wildman–Crippen LogP) is 2.54. The first-order chi connectivity index (χ1) is 15.0. The van der Waals surface area contributed by atoms with Crippen LogP contribution < -0.4 is 20.1 Å². The summed E-state index contributed by atoms with van der Waals surface area (Å²) < 4.78 is 12.3. The van der Waals surface area contributed by atoms with Gasteiger partial charge in [-0.3, -0.25) is 14.3 Å². The van der Waals surface area contributed by atoms with Crippen molar-refractivity contribution in [3.8, 4) is 11.5 Å². The fourth-order valence-electron chi connectivity index (χ4n) is 3.10. The molecule has 1 aliphatic heterocycles. The lowest BCUT2D eigenvalue weighted by Crippen LogP contribution is -2.20. The quantitative estimate of drug-likeness (QED) is 0.468. The summed E-state index contributed by atoms with van der Waals surface area (Å²) >= 11 is 0. The molecule has 0 saturated heterocycles. The number of rotatable bonds is 6. The van der Waals surface area contributed by atoms with Crippen LogP contribution in [-0.4, -0.2) is 34.2 Å². The summed E-state index contributed by atoms with van der Waals surface area (Å²) in [5.74, 6) is 0.0166. The van der Waals surface area contributed by atoms with Gasteiger partial charge in [-0.1, -0.05) is 0 Å². The number of nitrogens with one attached hydrogen (secondary N) is 2. The Balaban J connectivity index is 1.28. The first-order valence-corrected chi connectivity index (χ1v) is 9.62. The summed E-state index contributed by atoms with van der Waals surface area (Å²) in [4.78, 5) is 35.6. The van der Waals surface area contributed by atoms with Crippen molar-refractivity contribution in [2.75, 3.05) is 17.2 Å². The van der Waals surface area contributed by atoms with Gasteiger partial charge in [0.15, 0.2) is 6.61 Å². The number of nitrogens with zero attached hydrogens (tertiary/aromatic N) is 2. The molecule has 0 spiro atoms. The summed E-state index contributed by atoms with van der Waals surface area (Å²) in [5.41, 5.74) is 2.74. The van der Waals surface area contributed by atoms with Gasteiger partial charge in [0, 0.05) is 31.0 Å². The van der Waals surface area contributed by atoms with E-state index >= 15 is 0 Å². The molecular formula is C22H20N4O5. The molecule has 0 fully saturated rings. The average Bonchev–Trinajstić information content (AvgIpc) is 3.20. The molecule has 0 bridgehead atoms. The second-order valence-electron chi connectivity index (χ2n) is 7.01. The number of fused-ring (bicyclic) bond motifs is 1. The molecule has 9 heteroatoms. The zero-order valence-corrected chi connectivity index (χ0v) is 16.8. The molecule has 2 amide bonds. The third-order valence-electron chi connectivity index (χ3n) is 4.64. The SMILES string of the molecule is Cn1cc(C(=O)Nc2ccc(OC(=O)COc3ccc4c(c3)CCC(=O)N4)cc2)cn1. The molecule has 0 unspecified atom stereocenters. The number of carbonyl (C=O) groups is 3. The van der Waals surface area contributed by atoms with Crippen molar-refractivity contribution in [1.29, 1.82) is 0 Å². The van der Waals surface area contributed by atoms with E-state index in [1.165, 1.54) is 6.20 Å². The number of ether oxygens (including phenoxy) is 2. The monoisotopic (exact) mass is 420 g/mol. The van der Waals surface area contributed by atoms with Crippen molar-refractivity contribution >= 4 is 29.2 Å². The van der Waals surface area contributed by atoms with Crippen LogP contribution in [0.5, 0.6) is 11.5 Å². The number of anilines is 2. The summed E-state index contributed by atoms with van der Waals surface area (Å²) in [6.07, 6.45) is 4.15. The van der Waals surface area contributed by atoms with Crippen LogP contribution >= 0.6 is 0 Å². The van der Waals surface area contributed by atoms with Crippen LogP contribution in [0.25, 0.3) is 0 Å². The third kappa shape index (κ3) is 5.08. The highest BCUT2D eigenvalue weighted by Gasteiger charge is 2.16. The first-order valence-electron chi connectivity index (χ1n) is 9.62. The van der Waals surface area contributed by atoms with Gasteiger partial charge in [-0.2, -0.15) is 5.10 Å². The minimum Gasteiger partial charge on any atom is -0.482 e. The number of carbonyl (C=O) groups excluding carboxylic acids is 3. The highest BCUT2D eigenvalue weighted by atomic mass is 16.6. The van der Waals surface area contributed by atoms with E-state index in [1.54, 1.807) is 54.3 Å². The largest absolute Gasteiger partial charge is 0.482 e. The van der Waals surface area contributed by atoms with Crippen molar-refractivity contribution in [2.45, 2.75) is 12.8 Å². The van der Waals surface area contributed by atoms with Crippen LogP contribution in [0.1, 0.15) is 22.3 Å². The van der Waals surface area contributed by atoms with Crippen molar-refractivity contribution in [3.05, 3.63) is 66.0 Å². The molecule has 2 heterocycles. The number of esters is 1. The molecule has 0 radical (unpaired) electrons. The van der Waals surface area contributed by atoms with Crippen LogP contribution in [0.15, 0.2) is 54.9 Å². The van der Waals surface area contributed by atoms with Crippen molar-refractivity contribution in [1.82, 2.24) is 9.78 Å². The van der Waals surface area contributed by atoms with Gasteiger partial charge in [-0.15, -0.1) is 0 Å². The number of benzene rings is 2. The highest BCUT2D eigenvalue weighted by molar-refractivity contribution is 6.04. The molecule has 1 aromatic heterocycles. The van der Waals surface area contributed by atoms with E-state index in [0.29, 0.717) is 35.6 Å². The standard InChI is InChI=1S/C22H20N4O5/c1-26-12-15(11-23-26)22(29)24-16-3-5-17(6-4-16)31-21(28)13-30-18-7-8-19-14(10-18)2-9-20(27)25-19/h3-8,10-12H,2,9,13H2,1H3,(H,24,29)(H,25,27). The van der Waals surface area contributed by atoms with E-state index in [4.69, 9.17) is 9.47 Å². The maximum absolute atomic E-state index is 12.1. The second kappa shape index (κ2) is 8.70. The summed E-state index contributed by atoms with van der Waals surface area (Å²) in [7, 11) is 1.73. The average molecular weight is 420 g/mol. The van der Waals surface area contributed by atoms with E-state index < -0.39 is 5.97 Å². The van der Waals surface area contributed by atoms with Crippen molar-refractivity contribution in [3.63, 3.8) is 0 Å². The van der Waals surface area contributed by atoms with Gasteiger partial charge in [0.1, 0.15) is 11.5 Å². The Morgan fingerprint density at radius 1 is 1.13 bits per heavy atom. The molecule has 1 aliphatic rings. The number of amides is 2. The molecule has 2 N–H and O–H groups in total. The normalized spacial score (nSPS) is 12.5. The van der Waals surface area contributed by atoms with Crippen LogP contribution in [0.4, 0.5) is 11.4 Å². The first kappa shape index (κ1) is 20.1. The molecule has 9 nitrogen and oxygen atoms in total. The second-order valence-corrected chi connectivity index (χ2v) is 7.01. The van der Waals surface area contributed by atoms with Crippen molar-refractivity contribution in [2.24, 2.45) is 7.05 Å². The fraction of sp³-hybridized carbons (Fsp3) is 0.182. The molecule has 0 atom stereocenters. The minimum atomic E-state index is -0.557. The maximum Gasteiger partial charge on any atom is 0.349 e. The van der Waals surface area contributed by atoms with Gasteiger partial charge in [-0.05, 0) is 54.4 Å². The van der Waals surface area contributed by atoms with Crippen LogP contribution in [-0.2, 0) is 23.1 Å². The Hall–Kier alpha value is -4.14. The Morgan fingerprint density at radius 2 is 1.90 bits per heavy atom. The Bertz CT molecular complexity index is 1140. The van der Waals surface area contributed by atoms with Gasteiger partial charge in [0.25, 0.3) is 5.91 Å². The van der Waals surface area contributed by atoms with Gasteiger partial charge in [0.2, 0.25) is 5.91 Å². The summed E-state index contributed by atoms with van der Waals surface area (Å²) in [6.45, 7) is -0.259. The number of hydrogen-bond acceptors (Lipinski definition) is 6. The Labute approximate surface area is 178 Å². The predicted molar refractivity (Wildman–Crippen MR) is 112 cm³/mol. The molecule has 31 heavy (non-hydrogen) atoms. The van der Waals surface area contributed by atoms with Crippen molar-refractivity contribution < 1.29 is 23.9 Å². The zero-order valence-electron chi connectivity index (χ0n) is 16.8. The van der Waals surface area contributed by atoms with Gasteiger partial charge >= 0.3 is 5.97 Å². The molecule has 4 rings (SSSR count). The molecule has 158 valence electrons. The smallest absolute Gasteiger partial charge is 0.349 e. The topological polar surface area (TPSA) is 112 Å². The number of aryl methyl sites for hydroxylation is 2. The Morgan fingerprint density at radius 3 is 2.65 bits per heavy atom. The summed E-state index contributed by atoms with van der Waals surface area (Å²) in [6, 6.07) is 11.7. The minimum absolute atomic E-state index is 0.00703. The molecule has 2 aromatic carbocycles. The molecule has 0 saturated carbocycles. The number of hydrogen-bond donors (Lipinski definition) is 2. The Kier molecular flexibility index (Phi) is 5.65. The molecular weight excluding hydrogens is 400 g/mol. The zero-order chi connectivity index (χ0) is 21.8. The fourth-order valence-corrected chi connectivity index (χ4v) is 3.10. The van der Waals surface area contributed by atoms with Gasteiger partial charge < -0.3 is 20.1 Å². The van der Waals surface area contributed by atoms with E-state index in [9.17, 15) is 14.4 Å². The van der Waals surface area contributed by atoms with E-state index in [2.05, 4.69) is 15.7 Å². The molecule has 3 aromatic rings. The lowest BCUT2D eigenvalue weighted by atomic mass is 10.0. The lowest BCUT2D eigenvalue weighted by Gasteiger charge is -2.17. The van der Waals surface area contributed by atoms with E-state index in [0.717, 1.165) is 11.3 Å². The number of aromatic nitrogens is 2. The summed E-state index contributed by atoms with van der Waals surface area (Å²) in [5, 5.41) is 9.50. The molecule has 0 aliphatic carbocycles. The highest BCUT2D eigenvalue weighted by Crippen LogP contribution is 2.26. The van der Waals surface area contributed by atoms with Gasteiger partial charge in [-0.25, -0.2) is 4.79 Å². The van der Waals surface area contributed by atoms with Crippen LogP contribution in [0.3, 0.4) is 0 Å². The lowest BCUT2D eigenvalue weighted by molar-refractivity contribution is -0.136. The van der Waals surface area contributed by atoms with Gasteiger partial charge in [0.05, 0.1) is 11.8 Å². The van der Waals surface area contributed by atoms with E-state index in [1.807, 2.05) is 6.07 Å². The third-order valence-corrected chi connectivity index (χ3v) is 4.64. The van der Waals surface area contributed by atoms with Crippen LogP contribution in [0.2, 0.25) is 0 Å². The van der Waals surface area contributed by atoms with Crippen LogP contribution in [0, 0.1) is 0 Å². The maximum atomic E-state index is 12.1. The van der Waals surface area contributed by atoms with E-state index in [-0.39, 0.29) is 18.4 Å².